The number of likely N-dealkylation sites (tertiary alicyclic amines) is 1. The first-order valence-corrected chi connectivity index (χ1v) is 13.8. The number of aliphatic hydroxyl groups is 2. The van der Waals surface area contributed by atoms with Gasteiger partial charge in [0.15, 0.2) is 11.2 Å². The molecule has 2 fully saturated rings. The Bertz CT molecular complexity index is 1460. The molecule has 9 nitrogen and oxygen atoms in total. The lowest BCUT2D eigenvalue weighted by Crippen LogP contribution is -2.52. The van der Waals surface area contributed by atoms with Gasteiger partial charge in [0.05, 0.1) is 36.6 Å². The third-order valence-corrected chi connectivity index (χ3v) is 8.06. The van der Waals surface area contributed by atoms with Crippen molar-refractivity contribution in [1.29, 1.82) is 0 Å². The standard InChI is InChI=1S/C29H37F2N5O4/c1-16(2)36-22-11-18(26-20(30)12-32-28(34-26)33-21-8-10-40-14-24(21)37)5-6-19(22)27(39)17(3)23(36)13-35-9-7-25(38)29(4,31)15-35/h5-6,11-12,16,21,24-25,37-38H,7-10,13-15H2,1-4H3,(H,32,33,34)/t21-,24-,25-,29+/m1/s1. The summed E-state index contributed by atoms with van der Waals surface area (Å²) in [4.78, 5) is 23.9. The van der Waals surface area contributed by atoms with Gasteiger partial charge < -0.3 is 24.8 Å². The van der Waals surface area contributed by atoms with Crippen molar-refractivity contribution in [1.82, 2.24) is 19.4 Å². The van der Waals surface area contributed by atoms with E-state index in [2.05, 4.69) is 15.3 Å². The van der Waals surface area contributed by atoms with Crippen LogP contribution in [-0.4, -0.2) is 79.9 Å². The van der Waals surface area contributed by atoms with Gasteiger partial charge in [-0.15, -0.1) is 0 Å². The van der Waals surface area contributed by atoms with Crippen LogP contribution in [0, 0.1) is 12.7 Å². The third-order valence-electron chi connectivity index (χ3n) is 8.06. The maximum absolute atomic E-state index is 15.1. The number of ether oxygens (including phenoxy) is 1. The Morgan fingerprint density at radius 1 is 1.27 bits per heavy atom. The summed E-state index contributed by atoms with van der Waals surface area (Å²) < 4.78 is 37.3. The number of nitrogens with zero attached hydrogens (tertiary/aromatic N) is 4. The van der Waals surface area contributed by atoms with Crippen LogP contribution in [0.3, 0.4) is 0 Å². The topological polar surface area (TPSA) is 113 Å². The van der Waals surface area contributed by atoms with Crippen molar-refractivity contribution in [3.63, 3.8) is 0 Å². The number of nitrogens with one attached hydrogen (secondary N) is 1. The average molecular weight is 558 g/mol. The zero-order valence-corrected chi connectivity index (χ0v) is 23.3. The molecule has 3 aromatic rings. The minimum atomic E-state index is -1.74. The molecule has 4 atom stereocenters. The normalized spacial score (nSPS) is 26.0. The summed E-state index contributed by atoms with van der Waals surface area (Å²) in [5.41, 5.74) is 0.646. The second-order valence-corrected chi connectivity index (χ2v) is 11.5. The van der Waals surface area contributed by atoms with Crippen LogP contribution >= 0.6 is 0 Å². The number of aromatic nitrogens is 3. The van der Waals surface area contributed by atoms with E-state index >= 15 is 4.39 Å². The Kier molecular flexibility index (Phi) is 7.93. The number of alkyl halides is 1. The summed E-state index contributed by atoms with van der Waals surface area (Å²) in [6, 6.07) is 4.75. The Morgan fingerprint density at radius 2 is 2.05 bits per heavy atom. The highest BCUT2D eigenvalue weighted by Gasteiger charge is 2.39. The molecule has 2 aliphatic rings. The summed E-state index contributed by atoms with van der Waals surface area (Å²) in [5, 5.41) is 23.9. The van der Waals surface area contributed by atoms with Gasteiger partial charge in [0, 0.05) is 54.5 Å². The monoisotopic (exact) mass is 557 g/mol. The zero-order valence-electron chi connectivity index (χ0n) is 23.3. The molecule has 11 heteroatoms. The fraction of sp³-hybridized carbons (Fsp3) is 0.552. The van der Waals surface area contributed by atoms with E-state index in [1.807, 2.05) is 23.3 Å². The van der Waals surface area contributed by atoms with Crippen LogP contribution in [-0.2, 0) is 11.3 Å². The highest BCUT2D eigenvalue weighted by atomic mass is 19.1. The van der Waals surface area contributed by atoms with Gasteiger partial charge in [0.25, 0.3) is 0 Å². The maximum atomic E-state index is 15.1. The van der Waals surface area contributed by atoms with E-state index in [1.54, 1.807) is 25.1 Å². The van der Waals surface area contributed by atoms with E-state index in [-0.39, 0.29) is 42.3 Å². The van der Waals surface area contributed by atoms with Crippen molar-refractivity contribution in [2.45, 2.75) is 77.0 Å². The van der Waals surface area contributed by atoms with Gasteiger partial charge in [-0.05, 0) is 52.7 Å². The predicted molar refractivity (Wildman–Crippen MR) is 149 cm³/mol. The van der Waals surface area contributed by atoms with Gasteiger partial charge in [0.1, 0.15) is 11.4 Å². The van der Waals surface area contributed by atoms with Crippen LogP contribution in [0.1, 0.15) is 50.9 Å². The van der Waals surface area contributed by atoms with Crippen molar-refractivity contribution in [3.05, 3.63) is 51.7 Å². The lowest BCUT2D eigenvalue weighted by atomic mass is 9.93. The van der Waals surface area contributed by atoms with Crippen molar-refractivity contribution < 1.29 is 23.7 Å². The van der Waals surface area contributed by atoms with Gasteiger partial charge >= 0.3 is 0 Å². The quantitative estimate of drug-likeness (QED) is 0.423. The predicted octanol–water partition coefficient (Wildman–Crippen LogP) is 3.34. The molecule has 3 N–H and O–H groups in total. The van der Waals surface area contributed by atoms with Gasteiger partial charge in [-0.25, -0.2) is 18.7 Å². The molecule has 2 aromatic heterocycles. The number of rotatable bonds is 6. The van der Waals surface area contributed by atoms with Crippen LogP contribution in [0.25, 0.3) is 22.2 Å². The van der Waals surface area contributed by atoms with E-state index in [0.29, 0.717) is 54.6 Å². The van der Waals surface area contributed by atoms with Crippen molar-refractivity contribution >= 4 is 16.9 Å². The van der Waals surface area contributed by atoms with Gasteiger partial charge in [-0.3, -0.25) is 9.69 Å². The Labute approximate surface area is 231 Å². The molecule has 0 amide bonds. The Morgan fingerprint density at radius 3 is 2.75 bits per heavy atom. The number of pyridine rings is 1. The SMILES string of the molecule is Cc1c(CN2CC[C@@H](O)[C@@](C)(F)C2)n(C(C)C)c2cc(-c3nc(N[C@@H]4CCOC[C@H]4O)ncc3F)ccc2c1=O. The molecule has 5 rings (SSSR count). The van der Waals surface area contributed by atoms with Gasteiger partial charge in [0.2, 0.25) is 5.95 Å². The van der Waals surface area contributed by atoms with Crippen LogP contribution in [0.2, 0.25) is 0 Å². The number of halogens is 2. The van der Waals surface area contributed by atoms with Crippen molar-refractivity contribution in [2.24, 2.45) is 0 Å². The van der Waals surface area contributed by atoms with Crippen LogP contribution in [0.4, 0.5) is 14.7 Å². The molecule has 2 aliphatic heterocycles. The van der Waals surface area contributed by atoms with Gasteiger partial charge in [-0.1, -0.05) is 6.07 Å². The first kappa shape index (κ1) is 28.5. The average Bonchev–Trinajstić information content (AvgIpc) is 2.91. The molecule has 0 bridgehead atoms. The van der Waals surface area contributed by atoms with Crippen LogP contribution in [0.15, 0.2) is 29.2 Å². The maximum Gasteiger partial charge on any atom is 0.223 e. The van der Waals surface area contributed by atoms with E-state index < -0.39 is 23.7 Å². The minimum absolute atomic E-state index is 0.0540. The molecular weight excluding hydrogens is 520 g/mol. The van der Waals surface area contributed by atoms with E-state index in [4.69, 9.17) is 4.74 Å². The number of anilines is 1. The number of aliphatic hydroxyl groups excluding tert-OH is 2. The first-order chi connectivity index (χ1) is 19.0. The fourth-order valence-corrected chi connectivity index (χ4v) is 5.78. The Hall–Kier alpha value is -2.99. The van der Waals surface area contributed by atoms with Crippen molar-refractivity contribution in [2.75, 3.05) is 31.6 Å². The molecule has 1 aromatic carbocycles. The molecule has 4 heterocycles. The summed E-state index contributed by atoms with van der Waals surface area (Å²) >= 11 is 0. The summed E-state index contributed by atoms with van der Waals surface area (Å²) in [7, 11) is 0. The molecule has 0 radical (unpaired) electrons. The zero-order chi connectivity index (χ0) is 28.8. The second kappa shape index (κ2) is 11.1. The lowest BCUT2D eigenvalue weighted by Gasteiger charge is -2.39. The highest BCUT2D eigenvalue weighted by Crippen LogP contribution is 2.31. The van der Waals surface area contributed by atoms with Crippen LogP contribution in [0.5, 0.6) is 0 Å². The highest BCUT2D eigenvalue weighted by molar-refractivity contribution is 5.85. The molecule has 0 spiro atoms. The Balaban J connectivity index is 1.56. The number of benzene rings is 1. The van der Waals surface area contributed by atoms with E-state index in [0.717, 1.165) is 11.9 Å². The molecule has 40 heavy (non-hydrogen) atoms. The number of hydrogen-bond donors (Lipinski definition) is 3. The number of piperidine rings is 1. The second-order valence-electron chi connectivity index (χ2n) is 11.5. The summed E-state index contributed by atoms with van der Waals surface area (Å²) in [6.45, 7) is 8.80. The van der Waals surface area contributed by atoms with Crippen LogP contribution < -0.4 is 10.7 Å². The van der Waals surface area contributed by atoms with E-state index in [1.165, 1.54) is 6.92 Å². The molecule has 0 saturated carbocycles. The van der Waals surface area contributed by atoms with E-state index in [9.17, 15) is 19.4 Å². The fourth-order valence-electron chi connectivity index (χ4n) is 5.78. The number of fused-ring (bicyclic) bond motifs is 1. The van der Waals surface area contributed by atoms with Crippen molar-refractivity contribution in [3.8, 4) is 11.3 Å². The number of hydrogen-bond acceptors (Lipinski definition) is 8. The molecular formula is C29H37F2N5O4. The molecule has 216 valence electrons. The summed E-state index contributed by atoms with van der Waals surface area (Å²) in [5.74, 6) is -0.424. The molecule has 2 saturated heterocycles. The third kappa shape index (κ3) is 5.47. The largest absolute Gasteiger partial charge is 0.390 e. The first-order valence-electron chi connectivity index (χ1n) is 13.8. The smallest absolute Gasteiger partial charge is 0.223 e. The van der Waals surface area contributed by atoms with Gasteiger partial charge in [-0.2, -0.15) is 0 Å². The molecule has 0 unspecified atom stereocenters. The molecule has 0 aliphatic carbocycles. The minimum Gasteiger partial charge on any atom is -0.390 e. The summed E-state index contributed by atoms with van der Waals surface area (Å²) in [6.07, 6.45) is 0.215. The lowest BCUT2D eigenvalue weighted by molar-refractivity contribution is -0.0597.